The van der Waals surface area contributed by atoms with Crippen LogP contribution in [-0.4, -0.2) is 41.3 Å². The fourth-order valence-electron chi connectivity index (χ4n) is 1.61. The molecule has 13 heavy (non-hydrogen) atoms. The van der Waals surface area contributed by atoms with Crippen molar-refractivity contribution in [2.45, 2.75) is 25.1 Å². The third-order valence-corrected chi connectivity index (χ3v) is 2.26. The first kappa shape index (κ1) is 10.2. The number of aliphatic carboxylic acids is 1. The number of rotatable bonds is 3. The highest BCUT2D eigenvalue weighted by Crippen LogP contribution is 2.15. The molecule has 2 unspecified atom stereocenters. The number of nitrogens with zero attached hydrogens (tertiary/aromatic N) is 1. The minimum atomic E-state index is -0.955. The molecule has 4 heteroatoms. The lowest BCUT2D eigenvalue weighted by Gasteiger charge is -2.31. The molecule has 1 rings (SSSR count). The fourth-order valence-corrected chi connectivity index (χ4v) is 1.61. The summed E-state index contributed by atoms with van der Waals surface area (Å²) in [6.07, 6.45) is 1.72. The zero-order valence-electron chi connectivity index (χ0n) is 7.45. The van der Waals surface area contributed by atoms with Crippen LogP contribution in [0.1, 0.15) is 12.8 Å². The van der Waals surface area contributed by atoms with Crippen LogP contribution < -0.4 is 0 Å². The minimum absolute atomic E-state index is 0.211. The molecule has 1 aliphatic heterocycles. The number of halogens is 1. The maximum Gasteiger partial charge on any atom is 0.324 e. The zero-order valence-corrected chi connectivity index (χ0v) is 7.45. The number of hydrogen-bond donors (Lipinski definition) is 1. The Morgan fingerprint density at radius 3 is 2.92 bits per heavy atom. The first-order chi connectivity index (χ1) is 6.15. The molecule has 1 aliphatic rings. The molecule has 0 aliphatic carbocycles. The highest BCUT2D eigenvalue weighted by atomic mass is 19.1. The van der Waals surface area contributed by atoms with Crippen LogP contribution in [0.15, 0.2) is 12.7 Å². The molecule has 0 saturated carbocycles. The van der Waals surface area contributed by atoms with Crippen molar-refractivity contribution in [2.24, 2.45) is 0 Å². The summed E-state index contributed by atoms with van der Waals surface area (Å²) >= 11 is 0. The smallest absolute Gasteiger partial charge is 0.324 e. The van der Waals surface area contributed by atoms with Gasteiger partial charge < -0.3 is 5.11 Å². The van der Waals surface area contributed by atoms with Crippen molar-refractivity contribution in [3.05, 3.63) is 12.7 Å². The van der Waals surface area contributed by atoms with Gasteiger partial charge in [-0.05, 0) is 19.4 Å². The van der Waals surface area contributed by atoms with Gasteiger partial charge in [0.25, 0.3) is 0 Å². The maximum absolute atomic E-state index is 12.9. The van der Waals surface area contributed by atoms with E-state index in [0.29, 0.717) is 13.0 Å². The van der Waals surface area contributed by atoms with Gasteiger partial charge in [0, 0.05) is 6.54 Å². The number of hydrogen-bond acceptors (Lipinski definition) is 2. The van der Waals surface area contributed by atoms with Crippen molar-refractivity contribution in [3.8, 4) is 0 Å². The summed E-state index contributed by atoms with van der Waals surface area (Å²) in [5.74, 6) is -0.955. The second kappa shape index (κ2) is 4.37. The van der Waals surface area contributed by atoms with Crippen molar-refractivity contribution in [3.63, 3.8) is 0 Å². The van der Waals surface area contributed by atoms with Crippen LogP contribution in [0.5, 0.6) is 0 Å². The van der Waals surface area contributed by atoms with E-state index in [1.165, 1.54) is 6.08 Å². The van der Waals surface area contributed by atoms with E-state index in [-0.39, 0.29) is 6.54 Å². The molecule has 3 nitrogen and oxygen atoms in total. The molecule has 0 aromatic heterocycles. The fraction of sp³-hybridized carbons (Fsp3) is 0.667. The van der Waals surface area contributed by atoms with Gasteiger partial charge in [0.05, 0.1) is 0 Å². The van der Waals surface area contributed by atoms with Crippen LogP contribution in [0, 0.1) is 0 Å². The molecule has 0 bridgehead atoms. The Morgan fingerprint density at radius 1 is 1.77 bits per heavy atom. The summed E-state index contributed by atoms with van der Waals surface area (Å²) in [5, 5.41) is 8.78. The summed E-state index contributed by atoms with van der Waals surface area (Å²) in [6, 6.07) is -0.737. The van der Waals surface area contributed by atoms with E-state index in [9.17, 15) is 9.18 Å². The lowest BCUT2D eigenvalue weighted by atomic mass is 10.1. The average molecular weight is 187 g/mol. The van der Waals surface area contributed by atoms with Crippen LogP contribution in [0.3, 0.4) is 0 Å². The summed E-state index contributed by atoms with van der Waals surface area (Å²) in [4.78, 5) is 12.3. The largest absolute Gasteiger partial charge is 0.480 e. The number of alkyl halides is 1. The molecule has 0 radical (unpaired) electrons. The standard InChI is InChI=1S/C9H14FNO2/c1-2-8(9(12)13)11-5-3-4-7(10)6-11/h2,7-8H,1,3-6H2,(H,12,13). The average Bonchev–Trinajstić information content (AvgIpc) is 2.04. The van der Waals surface area contributed by atoms with E-state index in [4.69, 9.17) is 5.11 Å². The molecule has 1 heterocycles. The quantitative estimate of drug-likeness (QED) is 0.671. The maximum atomic E-state index is 12.9. The summed E-state index contributed by atoms with van der Waals surface area (Å²) in [7, 11) is 0. The highest BCUT2D eigenvalue weighted by molar-refractivity contribution is 5.75. The van der Waals surface area contributed by atoms with Gasteiger partial charge in [-0.2, -0.15) is 0 Å². The number of likely N-dealkylation sites (tertiary alicyclic amines) is 1. The normalized spacial score (nSPS) is 26.7. The monoisotopic (exact) mass is 187 g/mol. The Bertz CT molecular complexity index is 208. The van der Waals surface area contributed by atoms with Crippen LogP contribution in [0.25, 0.3) is 0 Å². The van der Waals surface area contributed by atoms with Crippen LogP contribution in [0.2, 0.25) is 0 Å². The second-order valence-electron chi connectivity index (χ2n) is 3.25. The summed E-state index contributed by atoms with van der Waals surface area (Å²) in [6.45, 7) is 4.29. The Labute approximate surface area is 76.8 Å². The first-order valence-corrected chi connectivity index (χ1v) is 4.38. The topological polar surface area (TPSA) is 40.5 Å². The Balaban J connectivity index is 2.57. The van der Waals surface area contributed by atoms with Crippen molar-refractivity contribution < 1.29 is 14.3 Å². The molecular formula is C9H14FNO2. The third-order valence-electron chi connectivity index (χ3n) is 2.26. The van der Waals surface area contributed by atoms with Gasteiger partial charge in [0.2, 0.25) is 0 Å². The number of carboxylic acids is 1. The van der Waals surface area contributed by atoms with E-state index in [1.807, 2.05) is 0 Å². The van der Waals surface area contributed by atoms with Crippen molar-refractivity contribution in [1.82, 2.24) is 4.90 Å². The molecule has 2 atom stereocenters. The van der Waals surface area contributed by atoms with E-state index >= 15 is 0 Å². The van der Waals surface area contributed by atoms with Gasteiger partial charge in [-0.25, -0.2) is 4.39 Å². The lowest BCUT2D eigenvalue weighted by molar-refractivity contribution is -0.142. The van der Waals surface area contributed by atoms with Gasteiger partial charge in [-0.3, -0.25) is 9.69 Å². The number of carboxylic acid groups (broad SMARTS) is 1. The van der Waals surface area contributed by atoms with Gasteiger partial charge in [0.1, 0.15) is 12.2 Å². The van der Waals surface area contributed by atoms with Crippen molar-refractivity contribution in [2.75, 3.05) is 13.1 Å². The molecule has 0 aromatic carbocycles. The summed E-state index contributed by atoms with van der Waals surface area (Å²) in [5.41, 5.74) is 0. The molecule has 0 spiro atoms. The Morgan fingerprint density at radius 2 is 2.46 bits per heavy atom. The highest BCUT2D eigenvalue weighted by Gasteiger charge is 2.27. The molecule has 1 fully saturated rings. The van der Waals surface area contributed by atoms with Crippen LogP contribution in [-0.2, 0) is 4.79 Å². The second-order valence-corrected chi connectivity index (χ2v) is 3.25. The zero-order chi connectivity index (χ0) is 9.84. The van der Waals surface area contributed by atoms with E-state index in [1.54, 1.807) is 4.90 Å². The minimum Gasteiger partial charge on any atom is -0.480 e. The predicted octanol–water partition coefficient (Wildman–Crippen LogP) is 1.06. The SMILES string of the molecule is C=CC(C(=O)O)N1CCCC(F)C1. The molecule has 0 aromatic rings. The predicted molar refractivity (Wildman–Crippen MR) is 47.3 cm³/mol. The molecule has 0 amide bonds. The van der Waals surface area contributed by atoms with Crippen molar-refractivity contribution in [1.29, 1.82) is 0 Å². The first-order valence-electron chi connectivity index (χ1n) is 4.38. The summed E-state index contributed by atoms with van der Waals surface area (Å²) < 4.78 is 12.9. The van der Waals surface area contributed by atoms with Crippen LogP contribution in [0.4, 0.5) is 4.39 Å². The lowest BCUT2D eigenvalue weighted by Crippen LogP contribution is -2.46. The third kappa shape index (κ3) is 2.52. The van der Waals surface area contributed by atoms with Gasteiger partial charge >= 0.3 is 5.97 Å². The number of carbonyl (C=O) groups is 1. The van der Waals surface area contributed by atoms with E-state index in [0.717, 1.165) is 6.42 Å². The molecule has 1 N–H and O–H groups in total. The molecule has 74 valence electrons. The van der Waals surface area contributed by atoms with Gasteiger partial charge in [0.15, 0.2) is 0 Å². The molecular weight excluding hydrogens is 173 g/mol. The number of piperidine rings is 1. The van der Waals surface area contributed by atoms with E-state index < -0.39 is 18.2 Å². The Hall–Kier alpha value is -0.900. The van der Waals surface area contributed by atoms with E-state index in [2.05, 4.69) is 6.58 Å². The van der Waals surface area contributed by atoms with Gasteiger partial charge in [-0.1, -0.05) is 6.08 Å². The molecule has 1 saturated heterocycles. The Kier molecular flexibility index (Phi) is 3.42. The van der Waals surface area contributed by atoms with Gasteiger partial charge in [-0.15, -0.1) is 6.58 Å². The van der Waals surface area contributed by atoms with Crippen LogP contribution >= 0.6 is 0 Å². The van der Waals surface area contributed by atoms with Crippen molar-refractivity contribution >= 4 is 5.97 Å².